The monoisotopic (exact) mass is 255 g/mol. The normalized spacial score (nSPS) is 13.1. The van der Waals surface area contributed by atoms with Gasteiger partial charge in [-0.15, -0.1) is 0 Å². The minimum atomic E-state index is -1.70. The number of benzene rings is 1. The highest BCUT2D eigenvalue weighted by molar-refractivity contribution is 6.73. The summed E-state index contributed by atoms with van der Waals surface area (Å²) in [4.78, 5) is 3.66. The van der Waals surface area contributed by atoms with Crippen LogP contribution in [0.15, 0.2) is 35.3 Å². The Hall–Kier alpha value is 0.0500. The van der Waals surface area contributed by atoms with E-state index in [0.717, 1.165) is 5.56 Å². The number of rotatable bonds is 1. The molecule has 13 heavy (non-hydrogen) atoms. The van der Waals surface area contributed by atoms with Crippen LogP contribution in [0.25, 0.3) is 0 Å². The van der Waals surface area contributed by atoms with Crippen molar-refractivity contribution in [3.63, 3.8) is 0 Å². The fraction of sp³-hybridized carbons (Fsp3) is 0.125. The first kappa shape index (κ1) is 11.1. The molecule has 0 heterocycles. The lowest BCUT2D eigenvalue weighted by Crippen LogP contribution is -2.01. The maximum Gasteiger partial charge on any atom is 0.286 e. The highest BCUT2D eigenvalue weighted by Gasteiger charge is 2.18. The topological polar surface area (TPSA) is 12.4 Å². The van der Waals surface area contributed by atoms with E-state index in [9.17, 15) is 0 Å². The molecule has 0 aliphatic heterocycles. The molecule has 0 N–H and O–H groups in total. The van der Waals surface area contributed by atoms with Gasteiger partial charge in [-0.25, -0.2) is 4.99 Å². The Morgan fingerprint density at radius 1 is 1.08 bits per heavy atom. The van der Waals surface area contributed by atoms with Gasteiger partial charge in [0, 0.05) is 5.56 Å². The lowest BCUT2D eigenvalue weighted by Gasteiger charge is -2.04. The first-order valence-corrected chi connectivity index (χ1v) is 4.88. The highest BCUT2D eigenvalue weighted by Crippen LogP contribution is 2.28. The average molecular weight is 257 g/mol. The SMILES string of the molecule is ClC(=NC(Cl)(Cl)Cl)c1ccccc1. The predicted octanol–water partition coefficient (Wildman–Crippen LogP) is 4.00. The zero-order valence-electron chi connectivity index (χ0n) is 6.35. The van der Waals surface area contributed by atoms with Crippen LogP contribution in [0, 0.1) is 0 Å². The summed E-state index contributed by atoms with van der Waals surface area (Å²) in [6.07, 6.45) is 0. The summed E-state index contributed by atoms with van der Waals surface area (Å²) in [5.74, 6) is 0. The van der Waals surface area contributed by atoms with Gasteiger partial charge in [0.15, 0.2) is 0 Å². The molecule has 0 amide bonds. The lowest BCUT2D eigenvalue weighted by atomic mass is 10.2. The molecule has 0 aliphatic rings. The predicted molar refractivity (Wildman–Crippen MR) is 59.1 cm³/mol. The molecule has 0 aromatic heterocycles. The molecular weight excluding hydrogens is 252 g/mol. The second-order valence-corrected chi connectivity index (χ2v) is 4.82. The molecule has 1 nitrogen and oxygen atoms in total. The van der Waals surface area contributed by atoms with Gasteiger partial charge < -0.3 is 0 Å². The van der Waals surface area contributed by atoms with E-state index >= 15 is 0 Å². The fourth-order valence-electron chi connectivity index (χ4n) is 0.752. The van der Waals surface area contributed by atoms with E-state index in [1.807, 2.05) is 18.2 Å². The van der Waals surface area contributed by atoms with Gasteiger partial charge in [0.1, 0.15) is 5.17 Å². The van der Waals surface area contributed by atoms with Crippen LogP contribution < -0.4 is 0 Å². The summed E-state index contributed by atoms with van der Waals surface area (Å²) in [6.45, 7) is 0. The van der Waals surface area contributed by atoms with E-state index in [1.54, 1.807) is 12.1 Å². The molecule has 0 atom stereocenters. The molecule has 0 spiro atoms. The Labute approximate surface area is 96.3 Å². The zero-order chi connectivity index (χ0) is 9.90. The second-order valence-electron chi connectivity index (χ2n) is 2.24. The molecule has 0 unspecified atom stereocenters. The van der Waals surface area contributed by atoms with E-state index in [-0.39, 0.29) is 5.17 Å². The smallest absolute Gasteiger partial charge is 0.220 e. The van der Waals surface area contributed by atoms with Crippen LogP contribution in [0.3, 0.4) is 0 Å². The van der Waals surface area contributed by atoms with Crippen molar-refractivity contribution in [1.82, 2.24) is 0 Å². The van der Waals surface area contributed by atoms with Gasteiger partial charge in [-0.3, -0.25) is 0 Å². The van der Waals surface area contributed by atoms with Crippen LogP contribution in [0.4, 0.5) is 0 Å². The minimum absolute atomic E-state index is 0.181. The molecule has 1 aromatic carbocycles. The van der Waals surface area contributed by atoms with Crippen LogP contribution in [-0.4, -0.2) is 9.09 Å². The summed E-state index contributed by atoms with van der Waals surface area (Å²) >= 11 is 22.1. The third-order valence-electron chi connectivity index (χ3n) is 1.24. The number of alkyl halides is 3. The van der Waals surface area contributed by atoms with Crippen LogP contribution in [0.1, 0.15) is 5.56 Å². The summed E-state index contributed by atoms with van der Waals surface area (Å²) in [7, 11) is 0. The van der Waals surface area contributed by atoms with Crippen molar-refractivity contribution in [3.05, 3.63) is 35.9 Å². The van der Waals surface area contributed by atoms with Crippen LogP contribution in [0.5, 0.6) is 0 Å². The number of hydrogen-bond donors (Lipinski definition) is 0. The van der Waals surface area contributed by atoms with E-state index in [1.165, 1.54) is 0 Å². The van der Waals surface area contributed by atoms with Gasteiger partial charge >= 0.3 is 0 Å². The molecule has 0 fully saturated rings. The molecule has 5 heteroatoms. The third-order valence-corrected chi connectivity index (χ3v) is 1.79. The van der Waals surface area contributed by atoms with E-state index in [0.29, 0.717) is 0 Å². The molecule has 0 saturated heterocycles. The fourth-order valence-corrected chi connectivity index (χ4v) is 1.39. The largest absolute Gasteiger partial charge is 0.286 e. The van der Waals surface area contributed by atoms with Crippen molar-refractivity contribution in [2.75, 3.05) is 0 Å². The van der Waals surface area contributed by atoms with Crippen molar-refractivity contribution < 1.29 is 0 Å². The Kier molecular flexibility index (Phi) is 3.87. The quantitative estimate of drug-likeness (QED) is 0.409. The molecule has 1 rings (SSSR count). The van der Waals surface area contributed by atoms with Gasteiger partial charge in [0.2, 0.25) is 0 Å². The van der Waals surface area contributed by atoms with Gasteiger partial charge in [-0.2, -0.15) is 0 Å². The van der Waals surface area contributed by atoms with Crippen molar-refractivity contribution in [2.45, 2.75) is 3.92 Å². The number of nitrogens with zero attached hydrogens (tertiary/aromatic N) is 1. The summed E-state index contributed by atoms with van der Waals surface area (Å²) in [5, 5.41) is 0.181. The Balaban J connectivity index is 2.92. The molecule has 1 aromatic rings. The van der Waals surface area contributed by atoms with Gasteiger partial charge in [0.25, 0.3) is 3.92 Å². The average Bonchev–Trinajstić information content (AvgIpc) is 2.03. The maximum absolute atomic E-state index is 5.79. The van der Waals surface area contributed by atoms with Crippen LogP contribution in [-0.2, 0) is 0 Å². The number of halogens is 4. The minimum Gasteiger partial charge on any atom is -0.220 e. The zero-order valence-corrected chi connectivity index (χ0v) is 9.37. The van der Waals surface area contributed by atoms with Gasteiger partial charge in [-0.05, 0) is 0 Å². The van der Waals surface area contributed by atoms with Crippen molar-refractivity contribution in [1.29, 1.82) is 0 Å². The number of hydrogen-bond acceptors (Lipinski definition) is 1. The van der Waals surface area contributed by atoms with E-state index < -0.39 is 3.92 Å². The van der Waals surface area contributed by atoms with Crippen LogP contribution >= 0.6 is 46.4 Å². The summed E-state index contributed by atoms with van der Waals surface area (Å²) < 4.78 is -1.70. The Morgan fingerprint density at radius 3 is 2.08 bits per heavy atom. The molecule has 0 radical (unpaired) electrons. The van der Waals surface area contributed by atoms with Crippen molar-refractivity contribution >= 4 is 51.6 Å². The summed E-state index contributed by atoms with van der Waals surface area (Å²) in [5.41, 5.74) is 0.718. The van der Waals surface area contributed by atoms with Gasteiger partial charge in [0.05, 0.1) is 0 Å². The maximum atomic E-state index is 5.79. The van der Waals surface area contributed by atoms with Crippen molar-refractivity contribution in [2.24, 2.45) is 4.99 Å². The van der Waals surface area contributed by atoms with Crippen LogP contribution in [0.2, 0.25) is 0 Å². The van der Waals surface area contributed by atoms with E-state index in [2.05, 4.69) is 4.99 Å². The van der Waals surface area contributed by atoms with E-state index in [4.69, 9.17) is 46.4 Å². The molecule has 0 bridgehead atoms. The Morgan fingerprint density at radius 2 is 1.62 bits per heavy atom. The third kappa shape index (κ3) is 4.19. The standard InChI is InChI=1S/C8H5Cl4N/c9-7(13-8(10,11)12)6-4-2-1-3-5-6/h1-5H. The lowest BCUT2D eigenvalue weighted by molar-refractivity contribution is 1.17. The Bertz CT molecular complexity index is 302. The molecule has 70 valence electrons. The molecule has 0 saturated carbocycles. The van der Waals surface area contributed by atoms with Crippen molar-refractivity contribution in [3.8, 4) is 0 Å². The molecule has 0 aliphatic carbocycles. The highest BCUT2D eigenvalue weighted by atomic mass is 35.6. The molecular formula is C8H5Cl4N. The number of aliphatic imine (C=N–C) groups is 1. The first-order chi connectivity index (χ1) is 5.99. The van der Waals surface area contributed by atoms with Gasteiger partial charge in [-0.1, -0.05) is 76.7 Å². The first-order valence-electron chi connectivity index (χ1n) is 3.36. The second kappa shape index (κ2) is 4.52. The summed E-state index contributed by atoms with van der Waals surface area (Å²) in [6, 6.07) is 9.07.